The van der Waals surface area contributed by atoms with E-state index in [4.69, 9.17) is 5.21 Å². The van der Waals surface area contributed by atoms with E-state index in [9.17, 15) is 10.0 Å². The summed E-state index contributed by atoms with van der Waals surface area (Å²) in [6.45, 7) is 4.17. The first kappa shape index (κ1) is 25.0. The lowest BCUT2D eigenvalue weighted by Gasteiger charge is -2.10. The molecule has 0 bridgehead atoms. The third-order valence-electron chi connectivity index (χ3n) is 6.29. The highest BCUT2D eigenvalue weighted by molar-refractivity contribution is 5.82. The van der Waals surface area contributed by atoms with Gasteiger partial charge in [0.2, 0.25) is 0 Å². The molecule has 1 aromatic carbocycles. The van der Waals surface area contributed by atoms with Crippen LogP contribution in [0.2, 0.25) is 0 Å². The van der Waals surface area contributed by atoms with Crippen LogP contribution in [0, 0.1) is 5.92 Å². The summed E-state index contributed by atoms with van der Waals surface area (Å²) in [5, 5.41) is 22.9. The van der Waals surface area contributed by atoms with Crippen LogP contribution in [0.3, 0.4) is 0 Å². The molecule has 2 N–H and O–H groups in total. The molecule has 1 unspecified atom stereocenters. The van der Waals surface area contributed by atoms with Gasteiger partial charge < -0.3 is 10.4 Å². The smallest absolute Gasteiger partial charge is 0.283 e. The second kappa shape index (κ2) is 13.9. The van der Waals surface area contributed by atoms with Gasteiger partial charge in [0.05, 0.1) is 11.2 Å². The van der Waals surface area contributed by atoms with Crippen molar-refractivity contribution in [3.63, 3.8) is 0 Å². The minimum atomic E-state index is -0.374. The molecular weight excluding hydrogens is 388 g/mol. The number of para-hydroxylation sites is 1. The van der Waals surface area contributed by atoms with Gasteiger partial charge >= 0.3 is 0 Å². The Labute approximate surface area is 186 Å². The van der Waals surface area contributed by atoms with Crippen molar-refractivity contribution in [3.8, 4) is 0 Å². The highest BCUT2D eigenvalue weighted by Gasteiger charge is 2.07. The Balaban J connectivity index is 1.51. The normalized spacial score (nSPS) is 13.0. The molecule has 31 heavy (non-hydrogen) atoms. The Hall–Kier alpha value is -2.30. The fourth-order valence-corrected chi connectivity index (χ4v) is 4.24. The van der Waals surface area contributed by atoms with E-state index < -0.39 is 0 Å². The minimum absolute atomic E-state index is 0.374. The zero-order valence-electron chi connectivity index (χ0n) is 19.4. The number of unbranched alkanes of at least 4 members (excludes halogenated alkanes) is 8. The monoisotopic (exact) mass is 428 g/mol. The van der Waals surface area contributed by atoms with Gasteiger partial charge in [0, 0.05) is 11.5 Å². The first-order chi connectivity index (χ1) is 15.0. The van der Waals surface area contributed by atoms with Crippen LogP contribution in [0.15, 0.2) is 40.3 Å². The van der Waals surface area contributed by atoms with Gasteiger partial charge in [0.15, 0.2) is 0 Å². The molecule has 0 saturated heterocycles. The molecule has 1 atom stereocenters. The van der Waals surface area contributed by atoms with E-state index in [1.165, 1.54) is 63.9 Å². The molecule has 0 aliphatic carbocycles. The number of oxime groups is 1. The first-order valence-electron chi connectivity index (χ1n) is 12.0. The maximum Gasteiger partial charge on any atom is 0.283 e. The maximum atomic E-state index is 11.7. The fourth-order valence-electron chi connectivity index (χ4n) is 4.24. The molecule has 5 nitrogen and oxygen atoms in total. The Morgan fingerprint density at radius 3 is 2.26 bits per heavy atom. The van der Waals surface area contributed by atoms with Gasteiger partial charge in [0.1, 0.15) is 0 Å². The first-order valence-corrected chi connectivity index (χ1v) is 12.0. The average Bonchev–Trinajstić information content (AvgIpc) is 2.78. The Bertz CT molecular complexity index is 873. The van der Waals surface area contributed by atoms with Crippen molar-refractivity contribution in [2.45, 2.75) is 97.3 Å². The summed E-state index contributed by atoms with van der Waals surface area (Å²) in [6.07, 6.45) is 15.6. The van der Waals surface area contributed by atoms with E-state index in [2.05, 4.69) is 12.1 Å². The molecule has 1 aromatic heterocycles. The summed E-state index contributed by atoms with van der Waals surface area (Å²) in [4.78, 5) is 11.7. The van der Waals surface area contributed by atoms with Crippen molar-refractivity contribution in [1.29, 1.82) is 0 Å². The van der Waals surface area contributed by atoms with Gasteiger partial charge in [0.25, 0.3) is 5.56 Å². The van der Waals surface area contributed by atoms with Crippen LogP contribution in [0.4, 0.5) is 0 Å². The van der Waals surface area contributed by atoms with Crippen LogP contribution < -0.4 is 5.56 Å². The van der Waals surface area contributed by atoms with Crippen LogP contribution >= 0.6 is 0 Å². The summed E-state index contributed by atoms with van der Waals surface area (Å²) in [7, 11) is 0. The number of aromatic nitrogens is 1. The predicted molar refractivity (Wildman–Crippen MR) is 129 cm³/mol. The van der Waals surface area contributed by atoms with Crippen molar-refractivity contribution in [2.24, 2.45) is 11.1 Å². The van der Waals surface area contributed by atoms with Crippen LogP contribution in [-0.2, 0) is 6.42 Å². The molecule has 0 aliphatic rings. The molecule has 0 saturated carbocycles. The van der Waals surface area contributed by atoms with E-state index in [0.29, 0.717) is 11.4 Å². The Kier molecular flexibility index (Phi) is 11.2. The summed E-state index contributed by atoms with van der Waals surface area (Å²) < 4.78 is 0.788. The molecule has 2 aromatic rings. The average molecular weight is 429 g/mol. The van der Waals surface area contributed by atoms with E-state index in [0.717, 1.165) is 47.1 Å². The highest BCUT2D eigenvalue weighted by Crippen LogP contribution is 2.20. The van der Waals surface area contributed by atoms with Crippen LogP contribution in [-0.4, -0.2) is 20.9 Å². The number of pyridine rings is 1. The lowest BCUT2D eigenvalue weighted by Crippen LogP contribution is -2.17. The van der Waals surface area contributed by atoms with Crippen molar-refractivity contribution in [1.82, 2.24) is 4.73 Å². The number of fused-ring (bicyclic) bond motifs is 1. The minimum Gasteiger partial charge on any atom is -0.425 e. The summed E-state index contributed by atoms with van der Waals surface area (Å²) in [5.74, 6) is 0.707. The zero-order valence-corrected chi connectivity index (χ0v) is 19.4. The van der Waals surface area contributed by atoms with Crippen molar-refractivity contribution < 1.29 is 10.4 Å². The quantitative estimate of drug-likeness (QED) is 0.106. The summed E-state index contributed by atoms with van der Waals surface area (Å²) in [6, 6.07) is 9.12. The van der Waals surface area contributed by atoms with Crippen LogP contribution in [0.1, 0.15) is 96.5 Å². The number of aryl methyl sites for hydroxylation is 1. The molecule has 0 amide bonds. The third kappa shape index (κ3) is 8.76. The Morgan fingerprint density at radius 2 is 1.58 bits per heavy atom. The largest absolute Gasteiger partial charge is 0.425 e. The molecule has 0 radical (unpaired) electrons. The van der Waals surface area contributed by atoms with E-state index >= 15 is 0 Å². The Morgan fingerprint density at radius 1 is 0.935 bits per heavy atom. The van der Waals surface area contributed by atoms with Gasteiger partial charge in [-0.25, -0.2) is 0 Å². The van der Waals surface area contributed by atoms with E-state index in [-0.39, 0.29) is 5.56 Å². The number of nitrogens with zero attached hydrogens (tertiary/aromatic N) is 2. The van der Waals surface area contributed by atoms with Crippen molar-refractivity contribution in [2.75, 3.05) is 0 Å². The molecular formula is C26H40N2O3. The van der Waals surface area contributed by atoms with Crippen molar-refractivity contribution in [3.05, 3.63) is 46.2 Å². The number of hydrogen-bond acceptors (Lipinski definition) is 4. The maximum absolute atomic E-state index is 11.7. The lowest BCUT2D eigenvalue weighted by molar-refractivity contribution is 0.188. The number of rotatable bonds is 15. The summed E-state index contributed by atoms with van der Waals surface area (Å²) >= 11 is 0. The van der Waals surface area contributed by atoms with E-state index in [1.807, 2.05) is 25.1 Å². The topological polar surface area (TPSA) is 74.8 Å². The molecule has 5 heteroatoms. The van der Waals surface area contributed by atoms with Gasteiger partial charge in [-0.3, -0.25) is 4.79 Å². The van der Waals surface area contributed by atoms with Gasteiger partial charge in [-0.2, -0.15) is 0 Å². The molecule has 0 spiro atoms. The fraction of sp³-hybridized carbons (Fsp3) is 0.615. The zero-order chi connectivity index (χ0) is 22.5. The summed E-state index contributed by atoms with van der Waals surface area (Å²) in [5.41, 5.74) is 2.16. The standard InChI is InChI=1S/C26H40N2O3/c1-21(17-18-22(2)27-30)13-10-8-6-4-3-5-7-9-11-14-23-15-12-16-24-19-20-25(29)28(31)26(23)24/h12,15-16,19-21,30-31H,3-11,13-14,17-18H2,1-2H3. The second-order valence-electron chi connectivity index (χ2n) is 9.04. The van der Waals surface area contributed by atoms with Gasteiger partial charge in [-0.1, -0.05) is 88.1 Å². The number of hydrogen-bond donors (Lipinski definition) is 2. The lowest BCUT2D eigenvalue weighted by atomic mass is 9.96. The van der Waals surface area contributed by atoms with E-state index in [1.54, 1.807) is 6.07 Å². The molecule has 0 fully saturated rings. The number of benzene rings is 1. The predicted octanol–water partition coefficient (Wildman–Crippen LogP) is 6.95. The molecule has 1 heterocycles. The van der Waals surface area contributed by atoms with Crippen LogP contribution in [0.5, 0.6) is 0 Å². The van der Waals surface area contributed by atoms with Gasteiger partial charge in [-0.15, -0.1) is 4.73 Å². The molecule has 2 rings (SSSR count). The molecule has 172 valence electrons. The second-order valence-corrected chi connectivity index (χ2v) is 9.04. The highest BCUT2D eigenvalue weighted by atomic mass is 16.5. The van der Waals surface area contributed by atoms with Crippen molar-refractivity contribution >= 4 is 16.6 Å². The SMILES string of the molecule is CC(CCC(C)CCCCCCCCCCCc1cccc2ccc(=O)n(O)c12)=NO. The van der Waals surface area contributed by atoms with Crippen LogP contribution in [0.25, 0.3) is 10.9 Å². The molecule has 0 aliphatic heterocycles. The third-order valence-corrected chi connectivity index (χ3v) is 6.29. The van der Waals surface area contributed by atoms with Gasteiger partial charge in [-0.05, 0) is 50.2 Å².